The van der Waals surface area contributed by atoms with Gasteiger partial charge in [0.15, 0.2) is 0 Å². The summed E-state index contributed by atoms with van der Waals surface area (Å²) in [5, 5.41) is 43.9. The van der Waals surface area contributed by atoms with E-state index >= 15 is 0 Å². The molecule has 6 nitrogen and oxygen atoms in total. The second kappa shape index (κ2) is 55.5. The van der Waals surface area contributed by atoms with Gasteiger partial charge in [-0.05, 0) is 70.6 Å². The number of aliphatic hydroxyl groups excluding tert-OH is 4. The smallest absolute Gasteiger partial charge is 0.249 e. The van der Waals surface area contributed by atoms with Gasteiger partial charge in [0.05, 0.1) is 18.8 Å². The molecular weight excluding hydrogens is 827 g/mol. The third kappa shape index (κ3) is 49.3. The summed E-state index contributed by atoms with van der Waals surface area (Å²) in [7, 11) is 0. The summed E-state index contributed by atoms with van der Waals surface area (Å²) in [4.78, 5) is 12.6. The Bertz CT molecular complexity index is 1060. The van der Waals surface area contributed by atoms with Crippen molar-refractivity contribution in [2.45, 2.75) is 340 Å². The molecule has 67 heavy (non-hydrogen) atoms. The van der Waals surface area contributed by atoms with E-state index in [1.807, 2.05) is 0 Å². The lowest BCUT2D eigenvalue weighted by molar-refractivity contribution is -0.132. The van der Waals surface area contributed by atoms with Gasteiger partial charge < -0.3 is 25.7 Å². The number of hydrogen-bond acceptors (Lipinski definition) is 5. The molecule has 4 atom stereocenters. The van der Waals surface area contributed by atoms with E-state index in [1.54, 1.807) is 0 Å². The lowest BCUT2D eigenvalue weighted by atomic mass is 10.00. The molecule has 0 fully saturated rings. The van der Waals surface area contributed by atoms with E-state index in [4.69, 9.17) is 0 Å². The topological polar surface area (TPSA) is 110 Å². The summed E-state index contributed by atoms with van der Waals surface area (Å²) in [5.41, 5.74) is 0. The molecule has 0 aromatic carbocycles. The molecule has 0 aromatic heterocycles. The van der Waals surface area contributed by atoms with Crippen molar-refractivity contribution in [1.82, 2.24) is 5.32 Å². The van der Waals surface area contributed by atoms with E-state index in [2.05, 4.69) is 55.6 Å². The predicted molar refractivity (Wildman–Crippen MR) is 293 cm³/mol. The van der Waals surface area contributed by atoms with Crippen LogP contribution >= 0.6 is 0 Å². The van der Waals surface area contributed by atoms with E-state index in [9.17, 15) is 25.2 Å². The first-order chi connectivity index (χ1) is 33.0. The zero-order valence-electron chi connectivity index (χ0n) is 44.9. The number of carbonyl (C=O) groups is 1. The van der Waals surface area contributed by atoms with Gasteiger partial charge in [0.2, 0.25) is 5.91 Å². The number of unbranched alkanes of at least 4 members (excludes halogenated alkanes) is 40. The molecule has 0 radical (unpaired) electrons. The molecule has 0 bridgehead atoms. The van der Waals surface area contributed by atoms with Crippen molar-refractivity contribution < 1.29 is 25.2 Å². The molecule has 0 aliphatic carbocycles. The minimum absolute atomic E-state index is 0.364. The standard InChI is InChI=1S/C61H117NO5/c1-3-5-7-9-11-13-15-17-19-20-21-22-23-24-25-26-27-28-29-30-31-32-33-34-35-36-37-38-39-41-43-45-47-49-51-53-55-59(65)61(67)62-57(56-63)60(66)58(64)54-52-50-48-46-44-42-40-18-16-14-12-10-8-6-4-2/h25-26,28-29,46,48,57-60,63-66H,3-24,27,30-45,47,49-56H2,1-2H3,(H,62,67)/b26-25-,29-28-,48-46+. The number of carbonyl (C=O) groups excluding carboxylic acids is 1. The van der Waals surface area contributed by atoms with Crippen LogP contribution in [0.15, 0.2) is 36.5 Å². The second-order valence-electron chi connectivity index (χ2n) is 20.7. The van der Waals surface area contributed by atoms with Gasteiger partial charge in [0.1, 0.15) is 12.2 Å². The third-order valence-corrected chi connectivity index (χ3v) is 14.1. The van der Waals surface area contributed by atoms with Crippen molar-refractivity contribution >= 4 is 5.91 Å². The second-order valence-corrected chi connectivity index (χ2v) is 20.7. The Balaban J connectivity index is 3.56. The number of aliphatic hydroxyl groups is 4. The van der Waals surface area contributed by atoms with Crippen LogP contribution < -0.4 is 5.32 Å². The van der Waals surface area contributed by atoms with E-state index in [0.717, 1.165) is 44.9 Å². The molecule has 6 heteroatoms. The third-order valence-electron chi connectivity index (χ3n) is 14.1. The van der Waals surface area contributed by atoms with Gasteiger partial charge in [0, 0.05) is 0 Å². The Hall–Kier alpha value is -1.47. The Morgan fingerprint density at radius 2 is 0.657 bits per heavy atom. The van der Waals surface area contributed by atoms with Crippen LogP contribution in [0.5, 0.6) is 0 Å². The Labute approximate surface area is 417 Å². The summed E-state index contributed by atoms with van der Waals surface area (Å²) in [6.07, 6.45) is 69.5. The SMILES string of the molecule is CCCCCCCCCCCC/C=C/CCCC(O)C(O)C(CO)NC(=O)C(O)CCCCCCCCCCCCCCCCCC/C=C\C/C=C\CCCCCCCCCCCCCCC. The fourth-order valence-electron chi connectivity index (χ4n) is 9.38. The zero-order valence-corrected chi connectivity index (χ0v) is 44.9. The fourth-order valence-corrected chi connectivity index (χ4v) is 9.38. The van der Waals surface area contributed by atoms with Gasteiger partial charge in [-0.25, -0.2) is 0 Å². The lowest BCUT2D eigenvalue weighted by Gasteiger charge is -2.27. The quantitative estimate of drug-likeness (QED) is 0.0308. The van der Waals surface area contributed by atoms with Crippen LogP contribution in [0.4, 0.5) is 0 Å². The summed E-state index contributed by atoms with van der Waals surface area (Å²) in [6, 6.07) is -1.00. The van der Waals surface area contributed by atoms with Crippen LogP contribution in [0.3, 0.4) is 0 Å². The number of allylic oxidation sites excluding steroid dienone is 6. The fraction of sp³-hybridized carbons (Fsp3) is 0.885. The highest BCUT2D eigenvalue weighted by Crippen LogP contribution is 2.18. The van der Waals surface area contributed by atoms with Crippen molar-refractivity contribution in [3.63, 3.8) is 0 Å². The highest BCUT2D eigenvalue weighted by Gasteiger charge is 2.28. The summed E-state index contributed by atoms with van der Waals surface area (Å²) < 4.78 is 0. The summed E-state index contributed by atoms with van der Waals surface area (Å²) >= 11 is 0. The van der Waals surface area contributed by atoms with E-state index in [1.165, 1.54) is 244 Å². The van der Waals surface area contributed by atoms with Crippen LogP contribution in [0.1, 0.15) is 316 Å². The van der Waals surface area contributed by atoms with Crippen molar-refractivity contribution in [2.75, 3.05) is 6.61 Å². The molecular formula is C61H117NO5. The number of amides is 1. The minimum atomic E-state index is -1.28. The first-order valence-corrected chi connectivity index (χ1v) is 29.9. The molecule has 0 spiro atoms. The molecule has 0 rings (SSSR count). The Morgan fingerprint density at radius 1 is 0.373 bits per heavy atom. The number of rotatable bonds is 55. The first-order valence-electron chi connectivity index (χ1n) is 29.9. The van der Waals surface area contributed by atoms with E-state index < -0.39 is 36.9 Å². The van der Waals surface area contributed by atoms with Crippen molar-refractivity contribution in [3.05, 3.63) is 36.5 Å². The largest absolute Gasteiger partial charge is 0.394 e. The van der Waals surface area contributed by atoms with E-state index in [0.29, 0.717) is 12.8 Å². The van der Waals surface area contributed by atoms with Crippen LogP contribution in [-0.2, 0) is 4.79 Å². The molecule has 0 saturated heterocycles. The molecule has 0 aromatic rings. The molecule has 0 aliphatic rings. The number of nitrogens with one attached hydrogen (secondary N) is 1. The molecule has 0 aliphatic heterocycles. The van der Waals surface area contributed by atoms with Gasteiger partial charge in [-0.1, -0.05) is 281 Å². The van der Waals surface area contributed by atoms with Gasteiger partial charge in [0.25, 0.3) is 0 Å². The predicted octanol–water partition coefficient (Wildman–Crippen LogP) is 17.6. The average Bonchev–Trinajstić information content (AvgIpc) is 3.33. The van der Waals surface area contributed by atoms with Gasteiger partial charge >= 0.3 is 0 Å². The molecule has 0 saturated carbocycles. The molecule has 396 valence electrons. The minimum Gasteiger partial charge on any atom is -0.394 e. The summed E-state index contributed by atoms with van der Waals surface area (Å²) in [6.45, 7) is 4.06. The van der Waals surface area contributed by atoms with Crippen LogP contribution in [-0.4, -0.2) is 57.3 Å². The summed E-state index contributed by atoms with van der Waals surface area (Å²) in [5.74, 6) is -0.590. The van der Waals surface area contributed by atoms with Crippen LogP contribution in [0, 0.1) is 0 Å². The van der Waals surface area contributed by atoms with Gasteiger partial charge in [-0.15, -0.1) is 0 Å². The maximum atomic E-state index is 12.6. The van der Waals surface area contributed by atoms with Crippen molar-refractivity contribution in [1.29, 1.82) is 0 Å². The van der Waals surface area contributed by atoms with Gasteiger partial charge in [-0.2, -0.15) is 0 Å². The lowest BCUT2D eigenvalue weighted by Crippen LogP contribution is -2.53. The van der Waals surface area contributed by atoms with Gasteiger partial charge in [-0.3, -0.25) is 4.79 Å². The Kier molecular flexibility index (Phi) is 54.2. The monoisotopic (exact) mass is 944 g/mol. The highest BCUT2D eigenvalue weighted by molar-refractivity contribution is 5.80. The highest BCUT2D eigenvalue weighted by atomic mass is 16.3. The zero-order chi connectivity index (χ0) is 48.8. The van der Waals surface area contributed by atoms with Crippen LogP contribution in [0.2, 0.25) is 0 Å². The average molecular weight is 945 g/mol. The maximum Gasteiger partial charge on any atom is 0.249 e. The number of hydrogen-bond donors (Lipinski definition) is 5. The van der Waals surface area contributed by atoms with Crippen LogP contribution in [0.25, 0.3) is 0 Å². The molecule has 5 N–H and O–H groups in total. The molecule has 4 unspecified atom stereocenters. The Morgan fingerprint density at radius 3 is 0.985 bits per heavy atom. The first kappa shape index (κ1) is 65.5. The van der Waals surface area contributed by atoms with Crippen molar-refractivity contribution in [2.24, 2.45) is 0 Å². The molecule has 0 heterocycles. The molecule has 1 amide bonds. The normalized spacial score (nSPS) is 13.9. The maximum absolute atomic E-state index is 12.6. The van der Waals surface area contributed by atoms with E-state index in [-0.39, 0.29) is 0 Å². The van der Waals surface area contributed by atoms with Crippen molar-refractivity contribution in [3.8, 4) is 0 Å².